The molecule has 6 nitrogen and oxygen atoms in total. The van der Waals surface area contributed by atoms with Crippen LogP contribution < -0.4 is 20.6 Å². The molecule has 0 aliphatic heterocycles. The summed E-state index contributed by atoms with van der Waals surface area (Å²) in [4.78, 5) is 7.92. The molecule has 2 rings (SSSR count). The first-order chi connectivity index (χ1) is 7.27. The molecule has 2 heterocycles. The van der Waals surface area contributed by atoms with Gasteiger partial charge in [-0.2, -0.15) is 0 Å². The molecule has 0 bridgehead atoms. The van der Waals surface area contributed by atoms with Crippen LogP contribution in [-0.4, -0.2) is 27.4 Å². The van der Waals surface area contributed by atoms with Gasteiger partial charge < -0.3 is 0 Å². The van der Waals surface area contributed by atoms with Gasteiger partial charge in [-0.05, 0) is 0 Å². The first-order valence-corrected chi connectivity index (χ1v) is 4.45. The second-order valence-corrected chi connectivity index (χ2v) is 3.06. The Kier molecular flexibility index (Phi) is 2.62. The van der Waals surface area contributed by atoms with Gasteiger partial charge in [-0.15, -0.1) is 0 Å². The molecule has 0 aliphatic rings. The van der Waals surface area contributed by atoms with Crippen molar-refractivity contribution in [2.45, 2.75) is 0 Å². The minimum absolute atomic E-state index is 0.892. The van der Waals surface area contributed by atoms with Crippen LogP contribution in [0.25, 0.3) is 0 Å². The molecule has 0 unspecified atom stereocenters. The Balaban J connectivity index is 2.30. The number of nitrogens with zero attached hydrogens (tertiary/aromatic N) is 6. The Morgan fingerprint density at radius 2 is 1.40 bits per heavy atom. The average Bonchev–Trinajstić information content (AvgIpc) is 2.24. The van der Waals surface area contributed by atoms with Crippen LogP contribution in [0.5, 0.6) is 0 Å². The third kappa shape index (κ3) is 2.12. The van der Waals surface area contributed by atoms with E-state index in [0.29, 0.717) is 0 Å². The SMILES string of the molecule is C[n+]1ncncc1[B]c1cncn[n+]1C. The van der Waals surface area contributed by atoms with Gasteiger partial charge in [0.1, 0.15) is 0 Å². The molecule has 0 atom stereocenters. The monoisotopic (exact) mass is 201 g/mol. The summed E-state index contributed by atoms with van der Waals surface area (Å²) in [5, 5.41) is 8.06. The summed E-state index contributed by atoms with van der Waals surface area (Å²) in [6, 6.07) is 0. The second-order valence-electron chi connectivity index (χ2n) is 3.06. The van der Waals surface area contributed by atoms with Crippen LogP contribution in [0, 0.1) is 0 Å². The molecule has 0 saturated carbocycles. The quantitative estimate of drug-likeness (QED) is 0.375. The van der Waals surface area contributed by atoms with Crippen molar-refractivity contribution in [2.75, 3.05) is 0 Å². The van der Waals surface area contributed by atoms with Gasteiger partial charge in [-0.1, -0.05) is 9.36 Å². The zero-order chi connectivity index (χ0) is 10.7. The molecule has 2 aromatic heterocycles. The van der Waals surface area contributed by atoms with E-state index in [4.69, 9.17) is 0 Å². The van der Waals surface area contributed by atoms with Crippen molar-refractivity contribution in [1.82, 2.24) is 20.2 Å². The Morgan fingerprint density at radius 1 is 0.933 bits per heavy atom. The molecule has 0 N–H and O–H groups in total. The fourth-order valence-corrected chi connectivity index (χ4v) is 1.15. The lowest BCUT2D eigenvalue weighted by atomic mass is 9.71. The molecule has 0 amide bonds. The number of hydrogen-bond donors (Lipinski definition) is 0. The largest absolute Gasteiger partial charge is 0.380 e. The molecule has 0 aliphatic carbocycles. The lowest BCUT2D eigenvalue weighted by Crippen LogP contribution is -2.61. The Labute approximate surface area is 87.9 Å². The maximum absolute atomic E-state index is 4.03. The third-order valence-electron chi connectivity index (χ3n) is 2.04. The summed E-state index contributed by atoms with van der Waals surface area (Å²) in [6.45, 7) is 0. The molecule has 0 fully saturated rings. The van der Waals surface area contributed by atoms with Gasteiger partial charge in [-0.3, -0.25) is 0 Å². The highest BCUT2D eigenvalue weighted by atomic mass is 15.3. The van der Waals surface area contributed by atoms with Crippen LogP contribution in [0.4, 0.5) is 0 Å². The summed E-state index contributed by atoms with van der Waals surface area (Å²) >= 11 is 0. The van der Waals surface area contributed by atoms with Crippen LogP contribution in [-0.2, 0) is 14.1 Å². The van der Waals surface area contributed by atoms with Gasteiger partial charge in [0.05, 0.1) is 12.4 Å². The van der Waals surface area contributed by atoms with E-state index in [0.717, 1.165) is 11.2 Å². The molecule has 7 heteroatoms. The van der Waals surface area contributed by atoms with E-state index in [2.05, 4.69) is 20.2 Å². The number of aryl methyl sites for hydroxylation is 2. The van der Waals surface area contributed by atoms with Crippen LogP contribution in [0.2, 0.25) is 0 Å². The molecule has 0 aromatic carbocycles. The minimum Gasteiger partial charge on any atom is -0.233 e. The predicted molar refractivity (Wildman–Crippen MR) is 51.4 cm³/mol. The van der Waals surface area contributed by atoms with Crippen molar-refractivity contribution in [3.8, 4) is 0 Å². The number of hydrogen-bond acceptors (Lipinski definition) is 4. The van der Waals surface area contributed by atoms with Gasteiger partial charge in [-0.25, -0.2) is 9.97 Å². The second kappa shape index (κ2) is 4.08. The third-order valence-corrected chi connectivity index (χ3v) is 2.04. The van der Waals surface area contributed by atoms with E-state index in [1.54, 1.807) is 21.8 Å². The van der Waals surface area contributed by atoms with E-state index in [1.807, 2.05) is 21.4 Å². The van der Waals surface area contributed by atoms with Gasteiger partial charge in [0.15, 0.2) is 37.9 Å². The van der Waals surface area contributed by atoms with Crippen molar-refractivity contribution in [3.63, 3.8) is 0 Å². The van der Waals surface area contributed by atoms with E-state index < -0.39 is 0 Å². The van der Waals surface area contributed by atoms with Crippen molar-refractivity contribution in [2.24, 2.45) is 14.1 Å². The topological polar surface area (TPSA) is 59.3 Å². The first kappa shape index (κ1) is 9.63. The van der Waals surface area contributed by atoms with Gasteiger partial charge in [0, 0.05) is 10.2 Å². The van der Waals surface area contributed by atoms with E-state index in [1.165, 1.54) is 12.7 Å². The lowest BCUT2D eigenvalue weighted by Gasteiger charge is -1.93. The smallest absolute Gasteiger partial charge is 0.233 e. The van der Waals surface area contributed by atoms with Crippen LogP contribution in [0.3, 0.4) is 0 Å². The molecule has 15 heavy (non-hydrogen) atoms. The lowest BCUT2D eigenvalue weighted by molar-refractivity contribution is -0.719. The van der Waals surface area contributed by atoms with Crippen molar-refractivity contribution < 1.29 is 9.36 Å². The number of rotatable bonds is 2. The normalized spacial score (nSPS) is 10.0. The predicted octanol–water partition coefficient (Wildman–Crippen LogP) is -3.43. The Hall–Kier alpha value is -1.92. The van der Waals surface area contributed by atoms with E-state index >= 15 is 0 Å². The van der Waals surface area contributed by atoms with E-state index in [9.17, 15) is 0 Å². The molecule has 2 aromatic rings. The summed E-state index contributed by atoms with van der Waals surface area (Å²) in [7, 11) is 5.63. The van der Waals surface area contributed by atoms with Crippen molar-refractivity contribution in [1.29, 1.82) is 0 Å². The summed E-state index contributed by atoms with van der Waals surface area (Å²) in [5.74, 6) is 0. The maximum Gasteiger partial charge on any atom is 0.380 e. The fourth-order valence-electron chi connectivity index (χ4n) is 1.15. The highest BCUT2D eigenvalue weighted by Crippen LogP contribution is 1.65. The zero-order valence-electron chi connectivity index (χ0n) is 8.57. The zero-order valence-corrected chi connectivity index (χ0v) is 8.57. The van der Waals surface area contributed by atoms with Crippen molar-refractivity contribution >= 4 is 18.5 Å². The van der Waals surface area contributed by atoms with Crippen LogP contribution in [0.15, 0.2) is 25.0 Å². The number of aromatic nitrogens is 6. The van der Waals surface area contributed by atoms with Gasteiger partial charge in [0.2, 0.25) is 0 Å². The minimum atomic E-state index is 0.892. The standard InChI is InChI=1S/C8H10BN6/c1-14-7(3-10-5-12-14)9-8-4-11-6-13-15(8)2/h3-6H,1-2H3/q+2. The molecular formula is C8H10BN6+2. The van der Waals surface area contributed by atoms with E-state index in [-0.39, 0.29) is 0 Å². The summed E-state index contributed by atoms with van der Waals surface area (Å²) < 4.78 is 3.47. The molecule has 73 valence electrons. The van der Waals surface area contributed by atoms with Gasteiger partial charge in [0.25, 0.3) is 0 Å². The average molecular weight is 201 g/mol. The molecular weight excluding hydrogens is 191 g/mol. The van der Waals surface area contributed by atoms with Crippen LogP contribution >= 0.6 is 0 Å². The maximum atomic E-state index is 4.03. The Bertz CT molecular complexity index is 431. The highest BCUT2D eigenvalue weighted by molar-refractivity contribution is 6.64. The summed E-state index contributed by atoms with van der Waals surface area (Å²) in [6.07, 6.45) is 6.47. The molecule has 0 saturated heterocycles. The highest BCUT2D eigenvalue weighted by Gasteiger charge is 2.19. The Morgan fingerprint density at radius 3 is 1.80 bits per heavy atom. The van der Waals surface area contributed by atoms with Gasteiger partial charge >= 0.3 is 7.28 Å². The molecule has 0 spiro atoms. The van der Waals surface area contributed by atoms with Crippen molar-refractivity contribution in [3.05, 3.63) is 25.0 Å². The molecule has 1 radical (unpaired) electrons. The fraction of sp³-hybridized carbons (Fsp3) is 0.250. The van der Waals surface area contributed by atoms with Crippen LogP contribution in [0.1, 0.15) is 0 Å². The summed E-state index contributed by atoms with van der Waals surface area (Å²) in [5.41, 5.74) is 1.78. The first-order valence-electron chi connectivity index (χ1n) is 4.45.